The molecule has 1 rings (SSSR count). The SMILES string of the molecule is COCCC1(CNCC(NC(C)=O)C(=O)O)CC1. The van der Waals surface area contributed by atoms with Crippen LogP contribution in [0.25, 0.3) is 0 Å². The first-order valence-corrected chi connectivity index (χ1v) is 6.19. The number of ether oxygens (including phenoxy) is 1. The average molecular weight is 258 g/mol. The zero-order chi connectivity index (χ0) is 13.6. The van der Waals surface area contributed by atoms with Gasteiger partial charge in [0.25, 0.3) is 0 Å². The van der Waals surface area contributed by atoms with Crippen LogP contribution in [-0.4, -0.2) is 49.8 Å². The van der Waals surface area contributed by atoms with Crippen LogP contribution in [0.4, 0.5) is 0 Å². The molecule has 104 valence electrons. The van der Waals surface area contributed by atoms with Crippen molar-refractivity contribution < 1.29 is 19.4 Å². The van der Waals surface area contributed by atoms with Gasteiger partial charge < -0.3 is 20.5 Å². The molecule has 1 aliphatic carbocycles. The van der Waals surface area contributed by atoms with Crippen molar-refractivity contribution in [1.29, 1.82) is 0 Å². The summed E-state index contributed by atoms with van der Waals surface area (Å²) in [4.78, 5) is 21.8. The second-order valence-corrected chi connectivity index (χ2v) is 4.97. The quantitative estimate of drug-likeness (QED) is 0.541. The number of hydrogen-bond acceptors (Lipinski definition) is 4. The third kappa shape index (κ3) is 5.01. The van der Waals surface area contributed by atoms with Crippen LogP contribution in [0.5, 0.6) is 0 Å². The lowest BCUT2D eigenvalue weighted by Crippen LogP contribution is -2.47. The zero-order valence-electron chi connectivity index (χ0n) is 11.0. The number of carbonyl (C=O) groups excluding carboxylic acids is 1. The minimum absolute atomic E-state index is 0.254. The van der Waals surface area contributed by atoms with Crippen LogP contribution in [0.1, 0.15) is 26.2 Å². The van der Waals surface area contributed by atoms with Crippen LogP contribution >= 0.6 is 0 Å². The molecule has 0 aromatic heterocycles. The average Bonchev–Trinajstić information content (AvgIpc) is 3.05. The normalized spacial score (nSPS) is 18.1. The first-order valence-electron chi connectivity index (χ1n) is 6.19. The van der Waals surface area contributed by atoms with E-state index in [9.17, 15) is 9.59 Å². The van der Waals surface area contributed by atoms with Crippen LogP contribution in [0.15, 0.2) is 0 Å². The molecule has 18 heavy (non-hydrogen) atoms. The smallest absolute Gasteiger partial charge is 0.327 e. The molecule has 1 aliphatic rings. The Labute approximate surface area is 107 Å². The highest BCUT2D eigenvalue weighted by Crippen LogP contribution is 2.48. The molecule has 0 aromatic carbocycles. The zero-order valence-corrected chi connectivity index (χ0v) is 11.0. The van der Waals surface area contributed by atoms with Gasteiger partial charge in [-0.3, -0.25) is 4.79 Å². The fourth-order valence-corrected chi connectivity index (χ4v) is 1.94. The first-order chi connectivity index (χ1) is 8.49. The van der Waals surface area contributed by atoms with Crippen LogP contribution in [0.3, 0.4) is 0 Å². The number of amides is 1. The van der Waals surface area contributed by atoms with Crippen molar-refractivity contribution in [3.8, 4) is 0 Å². The highest BCUT2D eigenvalue weighted by molar-refractivity contribution is 5.82. The van der Waals surface area contributed by atoms with Gasteiger partial charge in [-0.1, -0.05) is 0 Å². The Balaban J connectivity index is 2.26. The molecule has 0 heterocycles. The molecule has 0 radical (unpaired) electrons. The Kier molecular flexibility index (Phi) is 5.55. The largest absolute Gasteiger partial charge is 0.480 e. The lowest BCUT2D eigenvalue weighted by Gasteiger charge is -2.18. The second kappa shape index (κ2) is 6.70. The third-order valence-corrected chi connectivity index (χ3v) is 3.32. The second-order valence-electron chi connectivity index (χ2n) is 4.97. The maximum absolute atomic E-state index is 10.9. The summed E-state index contributed by atoms with van der Waals surface area (Å²) >= 11 is 0. The monoisotopic (exact) mass is 258 g/mol. The highest BCUT2D eigenvalue weighted by Gasteiger charge is 2.41. The summed E-state index contributed by atoms with van der Waals surface area (Å²) in [6.45, 7) is 3.08. The molecular formula is C12H22N2O4. The van der Waals surface area contributed by atoms with Gasteiger partial charge in [-0.05, 0) is 24.7 Å². The maximum atomic E-state index is 10.9. The van der Waals surface area contributed by atoms with Crippen LogP contribution in [-0.2, 0) is 14.3 Å². The van der Waals surface area contributed by atoms with Crippen molar-refractivity contribution in [2.45, 2.75) is 32.2 Å². The van der Waals surface area contributed by atoms with Crippen LogP contribution in [0, 0.1) is 5.41 Å². The van der Waals surface area contributed by atoms with E-state index in [0.717, 1.165) is 32.4 Å². The molecule has 6 nitrogen and oxygen atoms in total. The van der Waals surface area contributed by atoms with Crippen molar-refractivity contribution in [1.82, 2.24) is 10.6 Å². The molecule has 1 fully saturated rings. The summed E-state index contributed by atoms with van der Waals surface area (Å²) < 4.78 is 5.06. The summed E-state index contributed by atoms with van der Waals surface area (Å²) in [7, 11) is 1.68. The first kappa shape index (κ1) is 14.9. The molecule has 6 heteroatoms. The van der Waals surface area contributed by atoms with Gasteiger partial charge in [-0.25, -0.2) is 4.79 Å². The van der Waals surface area contributed by atoms with E-state index in [0.29, 0.717) is 0 Å². The molecular weight excluding hydrogens is 236 g/mol. The lowest BCUT2D eigenvalue weighted by molar-refractivity contribution is -0.141. The molecule has 0 aliphatic heterocycles. The number of nitrogens with one attached hydrogen (secondary N) is 2. The molecule has 1 saturated carbocycles. The highest BCUT2D eigenvalue weighted by atomic mass is 16.5. The Morgan fingerprint density at radius 2 is 2.11 bits per heavy atom. The number of methoxy groups -OCH3 is 1. The van der Waals surface area contributed by atoms with E-state index >= 15 is 0 Å². The van der Waals surface area contributed by atoms with Crippen molar-refractivity contribution in [3.63, 3.8) is 0 Å². The molecule has 0 aromatic rings. The molecule has 1 unspecified atom stereocenters. The Hall–Kier alpha value is -1.14. The Bertz CT molecular complexity index is 302. The minimum Gasteiger partial charge on any atom is -0.480 e. The van der Waals surface area contributed by atoms with E-state index in [2.05, 4.69) is 10.6 Å². The molecule has 0 spiro atoms. The molecule has 1 atom stereocenters. The van der Waals surface area contributed by atoms with E-state index < -0.39 is 12.0 Å². The summed E-state index contributed by atoms with van der Waals surface area (Å²) in [6.07, 6.45) is 3.30. The summed E-state index contributed by atoms with van der Waals surface area (Å²) in [5.74, 6) is -1.34. The van der Waals surface area contributed by atoms with E-state index in [1.165, 1.54) is 6.92 Å². The molecule has 3 N–H and O–H groups in total. The van der Waals surface area contributed by atoms with Gasteiger partial charge in [0, 0.05) is 33.7 Å². The van der Waals surface area contributed by atoms with Crippen molar-refractivity contribution >= 4 is 11.9 Å². The number of carboxylic acids is 1. The van der Waals surface area contributed by atoms with Gasteiger partial charge in [0.05, 0.1) is 0 Å². The minimum atomic E-state index is -1.01. The standard InChI is InChI=1S/C12H22N2O4/c1-9(15)14-10(11(16)17)7-13-8-12(3-4-12)5-6-18-2/h10,13H,3-8H2,1-2H3,(H,14,15)(H,16,17). The van der Waals surface area contributed by atoms with Crippen LogP contribution in [0.2, 0.25) is 0 Å². The fourth-order valence-electron chi connectivity index (χ4n) is 1.94. The predicted molar refractivity (Wildman–Crippen MR) is 66.3 cm³/mol. The number of hydrogen-bond donors (Lipinski definition) is 3. The molecule has 0 bridgehead atoms. The van der Waals surface area contributed by atoms with Crippen LogP contribution < -0.4 is 10.6 Å². The summed E-state index contributed by atoms with van der Waals surface area (Å²) in [5, 5.41) is 14.5. The number of aliphatic carboxylic acids is 1. The van der Waals surface area contributed by atoms with E-state index in [4.69, 9.17) is 9.84 Å². The van der Waals surface area contributed by atoms with E-state index in [1.807, 2.05) is 0 Å². The van der Waals surface area contributed by atoms with E-state index in [-0.39, 0.29) is 17.9 Å². The number of carboxylic acid groups (broad SMARTS) is 1. The molecule has 0 saturated heterocycles. The number of rotatable bonds is 9. The Morgan fingerprint density at radius 1 is 1.44 bits per heavy atom. The van der Waals surface area contributed by atoms with Crippen molar-refractivity contribution in [2.75, 3.05) is 26.8 Å². The lowest BCUT2D eigenvalue weighted by atomic mass is 10.0. The topological polar surface area (TPSA) is 87.7 Å². The van der Waals surface area contributed by atoms with Crippen molar-refractivity contribution in [2.24, 2.45) is 5.41 Å². The van der Waals surface area contributed by atoms with Crippen molar-refractivity contribution in [3.05, 3.63) is 0 Å². The Morgan fingerprint density at radius 3 is 2.56 bits per heavy atom. The number of carbonyl (C=O) groups is 2. The fraction of sp³-hybridized carbons (Fsp3) is 0.833. The summed E-state index contributed by atoms with van der Waals surface area (Å²) in [6, 6.07) is -0.860. The third-order valence-electron chi connectivity index (χ3n) is 3.32. The molecule has 1 amide bonds. The van der Waals surface area contributed by atoms with Gasteiger partial charge in [0.15, 0.2) is 0 Å². The van der Waals surface area contributed by atoms with Gasteiger partial charge in [-0.15, -0.1) is 0 Å². The summed E-state index contributed by atoms with van der Waals surface area (Å²) in [5.41, 5.74) is 0.273. The van der Waals surface area contributed by atoms with Gasteiger partial charge >= 0.3 is 5.97 Å². The van der Waals surface area contributed by atoms with E-state index in [1.54, 1.807) is 7.11 Å². The maximum Gasteiger partial charge on any atom is 0.327 e. The van der Waals surface area contributed by atoms with Gasteiger partial charge in [-0.2, -0.15) is 0 Å². The van der Waals surface area contributed by atoms with Gasteiger partial charge in [0.1, 0.15) is 6.04 Å². The predicted octanol–water partition coefficient (Wildman–Crippen LogP) is -0.0180. The van der Waals surface area contributed by atoms with Gasteiger partial charge in [0.2, 0.25) is 5.91 Å².